The van der Waals surface area contributed by atoms with Crippen LogP contribution >= 0.6 is 0 Å². The molecule has 0 aromatic heterocycles. The Hall–Kier alpha value is -0.570. The molecule has 0 saturated heterocycles. The molecule has 2 saturated carbocycles. The molecule has 0 aromatic carbocycles. The van der Waals surface area contributed by atoms with E-state index < -0.39 is 11.5 Å². The minimum atomic E-state index is -0.698. The molecule has 2 fully saturated rings. The number of carboxylic acid groups (broad SMARTS) is 1. The van der Waals surface area contributed by atoms with Crippen LogP contribution in [0.15, 0.2) is 0 Å². The number of hydrogen-bond donors (Lipinski definition) is 2. The molecule has 98 valence electrons. The van der Waals surface area contributed by atoms with Gasteiger partial charge in [-0.1, -0.05) is 26.7 Å². The van der Waals surface area contributed by atoms with Gasteiger partial charge in [0.25, 0.3) is 0 Å². The van der Waals surface area contributed by atoms with Crippen molar-refractivity contribution >= 4 is 5.97 Å². The van der Waals surface area contributed by atoms with E-state index in [1.54, 1.807) is 0 Å². The van der Waals surface area contributed by atoms with Crippen molar-refractivity contribution in [2.24, 2.45) is 17.8 Å². The van der Waals surface area contributed by atoms with Gasteiger partial charge in [-0.3, -0.25) is 10.1 Å². The Morgan fingerprint density at radius 1 is 1.24 bits per heavy atom. The predicted molar refractivity (Wildman–Crippen MR) is 67.9 cm³/mol. The molecule has 2 aliphatic carbocycles. The highest BCUT2D eigenvalue weighted by Gasteiger charge is 2.49. The van der Waals surface area contributed by atoms with Crippen molar-refractivity contribution in [3.05, 3.63) is 0 Å². The Bertz CT molecular complexity index is 301. The van der Waals surface area contributed by atoms with E-state index in [0.717, 1.165) is 19.3 Å². The molecule has 3 heteroatoms. The van der Waals surface area contributed by atoms with Crippen molar-refractivity contribution in [2.75, 3.05) is 0 Å². The highest BCUT2D eigenvalue weighted by atomic mass is 16.4. The fourth-order valence-corrected chi connectivity index (χ4v) is 3.19. The van der Waals surface area contributed by atoms with Gasteiger partial charge in [-0.2, -0.15) is 0 Å². The van der Waals surface area contributed by atoms with E-state index >= 15 is 0 Å². The normalized spacial score (nSPS) is 37.5. The Kier molecular flexibility index (Phi) is 3.48. The molecule has 3 nitrogen and oxygen atoms in total. The molecule has 0 amide bonds. The van der Waals surface area contributed by atoms with E-state index in [1.165, 1.54) is 12.8 Å². The Morgan fingerprint density at radius 2 is 1.88 bits per heavy atom. The maximum atomic E-state index is 11.5. The summed E-state index contributed by atoms with van der Waals surface area (Å²) >= 11 is 0. The first-order valence-electron chi connectivity index (χ1n) is 6.96. The van der Waals surface area contributed by atoms with E-state index in [-0.39, 0.29) is 0 Å². The first-order chi connectivity index (χ1) is 7.95. The highest BCUT2D eigenvalue weighted by Crippen LogP contribution is 2.41. The number of rotatable bonds is 4. The zero-order valence-electron chi connectivity index (χ0n) is 11.2. The molecular formula is C14H25NO2. The predicted octanol–water partition coefficient (Wildman–Crippen LogP) is 2.65. The molecule has 2 aliphatic rings. The fraction of sp³-hybridized carbons (Fsp3) is 0.929. The number of carboxylic acids is 1. The van der Waals surface area contributed by atoms with Gasteiger partial charge in [0.1, 0.15) is 5.54 Å². The molecular weight excluding hydrogens is 214 g/mol. The van der Waals surface area contributed by atoms with Crippen LogP contribution in [0.2, 0.25) is 0 Å². The van der Waals surface area contributed by atoms with Crippen LogP contribution in [0.3, 0.4) is 0 Å². The van der Waals surface area contributed by atoms with E-state index in [0.29, 0.717) is 23.8 Å². The van der Waals surface area contributed by atoms with E-state index in [2.05, 4.69) is 19.2 Å². The molecule has 0 aliphatic heterocycles. The number of nitrogens with one attached hydrogen (secondary N) is 1. The minimum absolute atomic E-state index is 0.337. The topological polar surface area (TPSA) is 49.3 Å². The fourth-order valence-electron chi connectivity index (χ4n) is 3.19. The van der Waals surface area contributed by atoms with E-state index in [9.17, 15) is 9.90 Å². The van der Waals surface area contributed by atoms with Gasteiger partial charge in [0.05, 0.1) is 0 Å². The van der Waals surface area contributed by atoms with Gasteiger partial charge < -0.3 is 5.11 Å². The lowest BCUT2D eigenvalue weighted by Gasteiger charge is -2.40. The van der Waals surface area contributed by atoms with Crippen molar-refractivity contribution in [2.45, 2.75) is 64.5 Å². The zero-order valence-corrected chi connectivity index (χ0v) is 11.2. The van der Waals surface area contributed by atoms with Gasteiger partial charge in [-0.25, -0.2) is 0 Å². The lowest BCUT2D eigenvalue weighted by atomic mass is 9.76. The summed E-state index contributed by atoms with van der Waals surface area (Å²) in [5.41, 5.74) is -0.698. The summed E-state index contributed by atoms with van der Waals surface area (Å²) in [5, 5.41) is 12.9. The maximum absolute atomic E-state index is 11.5. The Balaban J connectivity index is 2.05. The highest BCUT2D eigenvalue weighted by molar-refractivity contribution is 5.79. The van der Waals surface area contributed by atoms with Gasteiger partial charge in [0.15, 0.2) is 0 Å². The maximum Gasteiger partial charge on any atom is 0.323 e. The quantitative estimate of drug-likeness (QED) is 0.793. The van der Waals surface area contributed by atoms with Crippen molar-refractivity contribution < 1.29 is 9.90 Å². The van der Waals surface area contributed by atoms with Crippen LogP contribution in [0, 0.1) is 17.8 Å². The summed E-state index contributed by atoms with van der Waals surface area (Å²) < 4.78 is 0. The second-order valence-corrected chi connectivity index (χ2v) is 6.30. The van der Waals surface area contributed by atoms with Gasteiger partial charge in [0, 0.05) is 6.04 Å². The zero-order chi connectivity index (χ0) is 12.6. The van der Waals surface area contributed by atoms with Crippen LogP contribution in [0.25, 0.3) is 0 Å². The van der Waals surface area contributed by atoms with Crippen LogP contribution in [-0.4, -0.2) is 22.7 Å². The summed E-state index contributed by atoms with van der Waals surface area (Å²) in [6.45, 7) is 6.42. The summed E-state index contributed by atoms with van der Waals surface area (Å²) in [6, 6.07) is 0.375. The van der Waals surface area contributed by atoms with Gasteiger partial charge in [-0.15, -0.1) is 0 Å². The molecule has 17 heavy (non-hydrogen) atoms. The molecule has 0 bridgehead atoms. The van der Waals surface area contributed by atoms with Gasteiger partial charge in [-0.05, 0) is 43.9 Å². The third-order valence-corrected chi connectivity index (χ3v) is 5.03. The number of hydrogen-bond acceptors (Lipinski definition) is 2. The summed E-state index contributed by atoms with van der Waals surface area (Å²) in [7, 11) is 0. The molecule has 0 radical (unpaired) electrons. The molecule has 0 aromatic rings. The van der Waals surface area contributed by atoms with Crippen molar-refractivity contribution in [1.82, 2.24) is 5.32 Å². The third-order valence-electron chi connectivity index (χ3n) is 5.03. The van der Waals surface area contributed by atoms with Gasteiger partial charge in [0.2, 0.25) is 0 Å². The van der Waals surface area contributed by atoms with Crippen molar-refractivity contribution in [1.29, 1.82) is 0 Å². The van der Waals surface area contributed by atoms with Crippen molar-refractivity contribution in [3.8, 4) is 0 Å². The second-order valence-electron chi connectivity index (χ2n) is 6.30. The number of carbonyl (C=O) groups is 1. The monoisotopic (exact) mass is 239 g/mol. The van der Waals surface area contributed by atoms with Crippen molar-refractivity contribution in [3.63, 3.8) is 0 Å². The molecule has 4 unspecified atom stereocenters. The number of aliphatic carboxylic acids is 1. The lowest BCUT2D eigenvalue weighted by molar-refractivity contribution is -0.146. The molecule has 0 heterocycles. The second kappa shape index (κ2) is 4.60. The Labute approximate surface area is 104 Å². The first-order valence-corrected chi connectivity index (χ1v) is 6.96. The van der Waals surface area contributed by atoms with Crippen LogP contribution < -0.4 is 5.32 Å². The first kappa shape index (κ1) is 12.9. The summed E-state index contributed by atoms with van der Waals surface area (Å²) in [4.78, 5) is 11.5. The standard InChI is InChI=1S/C14H25NO2/c1-9-5-4-6-12(10(9)2)15-14(3,13(16)17)11-7-8-11/h9-12,15H,4-8H2,1-3H3,(H,16,17). The molecule has 2 rings (SSSR count). The van der Waals surface area contributed by atoms with E-state index in [4.69, 9.17) is 0 Å². The van der Waals surface area contributed by atoms with Crippen LogP contribution in [-0.2, 0) is 4.79 Å². The average Bonchev–Trinajstić information content (AvgIpc) is 3.08. The SMILES string of the molecule is CC1CCCC(NC(C)(C(=O)O)C2CC2)C1C. The van der Waals surface area contributed by atoms with Gasteiger partial charge >= 0.3 is 5.97 Å². The smallest absolute Gasteiger partial charge is 0.323 e. The minimum Gasteiger partial charge on any atom is -0.480 e. The largest absolute Gasteiger partial charge is 0.480 e. The lowest BCUT2D eigenvalue weighted by Crippen LogP contribution is -2.58. The summed E-state index contributed by atoms with van der Waals surface area (Å²) in [6.07, 6.45) is 5.76. The molecule has 2 N–H and O–H groups in total. The summed E-state index contributed by atoms with van der Waals surface area (Å²) in [5.74, 6) is 0.953. The van der Waals surface area contributed by atoms with Crippen LogP contribution in [0.5, 0.6) is 0 Å². The van der Waals surface area contributed by atoms with E-state index in [1.807, 2.05) is 6.92 Å². The Morgan fingerprint density at radius 3 is 2.41 bits per heavy atom. The molecule has 4 atom stereocenters. The average molecular weight is 239 g/mol. The van der Waals surface area contributed by atoms with Crippen LogP contribution in [0.1, 0.15) is 52.9 Å². The van der Waals surface area contributed by atoms with Crippen LogP contribution in [0.4, 0.5) is 0 Å². The molecule has 0 spiro atoms. The third kappa shape index (κ3) is 2.49.